The minimum Gasteiger partial charge on any atom is -0.481 e. The van der Waals surface area contributed by atoms with Crippen LogP contribution in [0.3, 0.4) is 0 Å². The fourth-order valence-corrected chi connectivity index (χ4v) is 22.2. The Morgan fingerprint density at radius 1 is 0.618 bits per heavy atom. The molecule has 0 heterocycles. The fraction of sp³-hybridized carbons (Fsp3) is 0.893. The summed E-state index contributed by atoms with van der Waals surface area (Å²) in [5, 5.41) is 16.7. The highest BCUT2D eigenvalue weighted by molar-refractivity contribution is 9.10. The summed E-state index contributed by atoms with van der Waals surface area (Å²) in [5.74, 6) is 7.78. The Morgan fingerprint density at radius 2 is 0.838 bits per heavy atom. The van der Waals surface area contributed by atoms with Crippen LogP contribution in [0.25, 0.3) is 4.85 Å². The Bertz CT molecular complexity index is 1660. The topological polar surface area (TPSA) is 177 Å². The average molecular weight is 1030 g/mol. The quantitative estimate of drug-likeness (QED) is 0.0776. The third-order valence-corrected chi connectivity index (χ3v) is 21.3. The molecule has 0 aromatic rings. The Kier molecular flexibility index (Phi) is 19.2. The van der Waals surface area contributed by atoms with Crippen molar-refractivity contribution in [3.8, 4) is 0 Å². The molecule has 0 saturated heterocycles. The van der Waals surface area contributed by atoms with Gasteiger partial charge >= 0.3 is 0 Å². The van der Waals surface area contributed by atoms with Crippen LogP contribution in [0, 0.1) is 91.8 Å². The first-order chi connectivity index (χ1) is 31.5. The zero-order valence-corrected chi connectivity index (χ0v) is 45.5. The molecule has 16 aliphatic carbocycles. The Labute approximate surface area is 426 Å². The van der Waals surface area contributed by atoms with Crippen molar-refractivity contribution < 1.29 is 29.4 Å². The largest absolute Gasteiger partial charge is 0.481 e. The minimum atomic E-state index is -0.833. The van der Waals surface area contributed by atoms with Gasteiger partial charge in [0, 0.05) is 36.2 Å². The van der Waals surface area contributed by atoms with E-state index < -0.39 is 5.97 Å². The zero-order chi connectivity index (χ0) is 50.0. The van der Waals surface area contributed by atoms with Gasteiger partial charge in [0.05, 0.1) is 0 Å². The van der Waals surface area contributed by atoms with Gasteiger partial charge < -0.3 is 31.8 Å². The van der Waals surface area contributed by atoms with Crippen molar-refractivity contribution in [2.45, 2.75) is 207 Å². The van der Waals surface area contributed by atoms with E-state index in [0.29, 0.717) is 49.4 Å². The van der Waals surface area contributed by atoms with Crippen LogP contribution in [0.5, 0.6) is 0 Å². The number of carboxylic acids is 1. The number of thiocarbonyl (C=S) groups is 1. The van der Waals surface area contributed by atoms with Crippen LogP contribution in [-0.4, -0.2) is 64.8 Å². The van der Waals surface area contributed by atoms with E-state index in [4.69, 9.17) is 26.4 Å². The van der Waals surface area contributed by atoms with Crippen LogP contribution >= 0.6 is 28.1 Å². The van der Waals surface area contributed by atoms with Crippen molar-refractivity contribution in [1.29, 1.82) is 0 Å². The smallest absolute Gasteiger partial charge is 0.300 e. The molecule has 16 aliphatic rings. The lowest BCUT2D eigenvalue weighted by Crippen LogP contribution is -2.65. The number of aliphatic hydroxyl groups excluding tert-OH is 1. The van der Waals surface area contributed by atoms with E-state index in [0.717, 1.165) is 61.4 Å². The lowest BCUT2D eigenvalue weighted by Gasteiger charge is -2.73. The van der Waals surface area contributed by atoms with Gasteiger partial charge in [-0.3, -0.25) is 19.2 Å². The number of nitrogens with one attached hydrogen (secondary N) is 1. The third kappa shape index (κ3) is 11.4. The van der Waals surface area contributed by atoms with E-state index in [1.165, 1.54) is 161 Å². The number of Topliss-reactive ketones (excluding diaryl/α,β-unsaturated/α-hetero) is 2. The lowest BCUT2D eigenvalue weighted by atomic mass is 9.31. The summed E-state index contributed by atoms with van der Waals surface area (Å²) in [4.78, 5) is 46.3. The summed E-state index contributed by atoms with van der Waals surface area (Å²) in [6.07, 6.45) is 35.0. The second-order valence-electron chi connectivity index (χ2n) is 25.2. The summed E-state index contributed by atoms with van der Waals surface area (Å²) in [6, 6.07) is 0. The number of carbonyl (C=O) groups is 4. The van der Waals surface area contributed by atoms with Crippen molar-refractivity contribution in [3.63, 3.8) is 0 Å². The van der Waals surface area contributed by atoms with Gasteiger partial charge in [0.15, 0.2) is 5.11 Å². The van der Waals surface area contributed by atoms with Gasteiger partial charge in [0.1, 0.15) is 11.6 Å². The molecule has 0 aromatic carbocycles. The summed E-state index contributed by atoms with van der Waals surface area (Å²) < 4.78 is 0.462. The van der Waals surface area contributed by atoms with E-state index in [-0.39, 0.29) is 23.4 Å². The molecule has 68 heavy (non-hydrogen) atoms. The van der Waals surface area contributed by atoms with Crippen LogP contribution in [0.1, 0.15) is 203 Å². The highest BCUT2D eigenvalue weighted by Gasteiger charge is 2.72. The second-order valence-corrected chi connectivity index (χ2v) is 27.3. The lowest BCUT2D eigenvalue weighted by molar-refractivity contribution is -0.232. The maximum absolute atomic E-state index is 12.7. The van der Waals surface area contributed by atoms with Gasteiger partial charge in [-0.05, 0) is 255 Å². The first-order valence-electron chi connectivity index (χ1n) is 26.2. The molecular formula is C56H95BrN4O6S. The van der Waals surface area contributed by atoms with Crippen LogP contribution in [0.15, 0.2) is 0 Å². The number of carbonyl (C=O) groups excluding carboxylic acids is 3. The number of aliphatic carboxylic acids is 1. The highest BCUT2D eigenvalue weighted by Crippen LogP contribution is 2.80. The fourth-order valence-electron chi connectivity index (χ4n) is 20.7. The third-order valence-electron chi connectivity index (χ3n) is 20.3. The van der Waals surface area contributed by atoms with Gasteiger partial charge in [-0.15, -0.1) is 0 Å². The molecule has 0 aliphatic heterocycles. The Morgan fingerprint density at radius 3 is 1.06 bits per heavy atom. The number of ketones is 2. The number of carboxylic acid groups (broad SMARTS) is 1. The van der Waals surface area contributed by atoms with E-state index >= 15 is 0 Å². The maximum Gasteiger partial charge on any atom is 0.300 e. The summed E-state index contributed by atoms with van der Waals surface area (Å²) in [6.45, 7) is 17.4. The number of halogens is 1. The second kappa shape index (κ2) is 22.3. The predicted octanol–water partition coefficient (Wildman–Crippen LogP) is 12.1. The van der Waals surface area contributed by atoms with Gasteiger partial charge in [0.25, 0.3) is 5.97 Å². The van der Waals surface area contributed by atoms with Crippen molar-refractivity contribution in [2.75, 3.05) is 21.2 Å². The molecule has 388 valence electrons. The Balaban J connectivity index is 0.000000216. The van der Waals surface area contributed by atoms with Crippen LogP contribution in [0.2, 0.25) is 0 Å². The van der Waals surface area contributed by atoms with Gasteiger partial charge in [-0.1, -0.05) is 44.1 Å². The van der Waals surface area contributed by atoms with Crippen LogP contribution < -0.4 is 16.8 Å². The van der Waals surface area contributed by atoms with Crippen molar-refractivity contribution in [1.82, 2.24) is 5.32 Å². The number of nitrogens with zero attached hydrogens (tertiary/aromatic N) is 1. The predicted molar refractivity (Wildman–Crippen MR) is 283 cm³/mol. The molecule has 16 saturated carbocycles. The van der Waals surface area contributed by atoms with Crippen molar-refractivity contribution >= 4 is 57.2 Å². The molecule has 0 spiro atoms. The van der Waals surface area contributed by atoms with Crippen molar-refractivity contribution in [3.05, 3.63) is 11.4 Å². The number of amides is 1. The number of rotatable bonds is 5. The van der Waals surface area contributed by atoms with Crippen molar-refractivity contribution in [2.24, 2.45) is 96.7 Å². The average Bonchev–Trinajstić information content (AvgIpc) is 3.20. The molecule has 12 heteroatoms. The van der Waals surface area contributed by atoms with Gasteiger partial charge in [-0.2, -0.15) is 0 Å². The van der Waals surface area contributed by atoms with Gasteiger partial charge in [0.2, 0.25) is 13.5 Å². The number of nitrogens with two attached hydrogens (primary N) is 2. The minimum absolute atomic E-state index is 0. The molecule has 0 aromatic heterocycles. The molecule has 1 amide bonds. The Hall–Kier alpha value is -2.10. The van der Waals surface area contributed by atoms with E-state index in [9.17, 15) is 9.59 Å². The van der Waals surface area contributed by atoms with E-state index in [1.807, 2.05) is 27.7 Å². The number of alkyl halides is 1. The standard InChI is InChI=1S/C23H34O.C22H31BrO.C2H5NO.C2H3N.C2H4O2.C2H6.CH4N2S.CH4O.CH4/c1-15(24)21-7-18-4-19(8-21)12-23(11-18,14-21)22-9-16-3-17(10-22)6-20(2,5-16)13-22;1-14(24)19-4-15-2-16(5-19)7-20(6-15,12-19)21-8-17-3-18(9-21)11-22(23,10-17)13-21;1-3-2-4;1-3-2;1-2(3)4;1-2;2-1(3)4;1-2;/h16-19H,3-14H2,1-2H3;15-18H,2-13H2,1H3;2H,1H3,(H,3,4);1H3;1H3,(H,3,4);1-2H3;(H4,2,3,4);2H,1H3;1H4. The summed E-state index contributed by atoms with van der Waals surface area (Å²) >= 11 is 8.34. The molecule has 10 nitrogen and oxygen atoms in total. The SMILES string of the molecule is C.CC.CC(=O)C12CC3CC(C1)CC(C14CC5CC(CC(Br)(C5)C1)C4)(C3)C2.CC(=O)C12CC3CC(C1)CC(C14CC5CC(CC(C)(C5)C1)C4)(C3)C2.CC(=O)O.CNC=O.CO.NC(N)=S.[C-]#[N+]C. The number of hydrogen-bond donors (Lipinski definition) is 5. The number of aliphatic hydroxyl groups is 1. The monoisotopic (exact) mass is 1030 g/mol. The van der Waals surface area contributed by atoms with E-state index in [2.05, 4.69) is 56.7 Å². The zero-order valence-electron chi connectivity index (χ0n) is 43.1. The van der Waals surface area contributed by atoms with Crippen LogP contribution in [-0.2, 0) is 19.2 Å². The first kappa shape index (κ1) is 58.5. The first-order valence-corrected chi connectivity index (χ1v) is 27.4. The molecule has 16 bridgehead atoms. The maximum atomic E-state index is 12.7. The summed E-state index contributed by atoms with van der Waals surface area (Å²) in [5.41, 5.74) is 12.4. The van der Waals surface area contributed by atoms with E-state index in [1.54, 1.807) is 7.05 Å². The normalized spacial score (nSPS) is 45.9. The highest BCUT2D eigenvalue weighted by atomic mass is 79.9. The molecule has 8 atom stereocenters. The van der Waals surface area contributed by atoms with Gasteiger partial charge in [-0.25, -0.2) is 6.57 Å². The molecule has 0 radical (unpaired) electrons. The molecule has 8 unspecified atom stereocenters. The molecular weight excluding hydrogens is 937 g/mol. The summed E-state index contributed by atoms with van der Waals surface area (Å²) in [7, 11) is 3.98. The molecule has 7 N–H and O–H groups in total. The molecule has 16 rings (SSSR count). The van der Waals surface area contributed by atoms with Crippen LogP contribution in [0.4, 0.5) is 0 Å². The molecule has 16 fully saturated rings. The number of hydrogen-bond acceptors (Lipinski definition) is 6.